The summed E-state index contributed by atoms with van der Waals surface area (Å²) in [7, 11) is 0. The van der Waals surface area contributed by atoms with Crippen LogP contribution in [0.4, 0.5) is 5.69 Å². The lowest BCUT2D eigenvalue weighted by Gasteiger charge is -2.21. The number of nitrogens with one attached hydrogen (secondary N) is 1. The van der Waals surface area contributed by atoms with Crippen LogP contribution in [0, 0.1) is 16.7 Å². The second kappa shape index (κ2) is 4.62. The van der Waals surface area contributed by atoms with Crippen molar-refractivity contribution < 1.29 is 4.79 Å². The monoisotopic (exact) mass is 218 g/mol. The van der Waals surface area contributed by atoms with Gasteiger partial charge in [0, 0.05) is 6.54 Å². The van der Waals surface area contributed by atoms with Crippen LogP contribution in [0.1, 0.15) is 19.5 Å². The molecule has 0 aliphatic heterocycles. The molecule has 3 N–H and O–H groups in total. The van der Waals surface area contributed by atoms with E-state index in [0.717, 1.165) is 5.69 Å². The van der Waals surface area contributed by atoms with Crippen LogP contribution in [0.2, 0.25) is 0 Å². The van der Waals surface area contributed by atoms with E-state index >= 15 is 0 Å². The number of nitrogens with two attached hydrogens (primary N) is 1. The van der Waals surface area contributed by atoms with E-state index in [-0.39, 0.29) is 5.91 Å². The largest absolute Gasteiger partial charge is 0.383 e. The van der Waals surface area contributed by atoms with Crippen molar-refractivity contribution in [3.63, 3.8) is 0 Å². The zero-order valence-electron chi connectivity index (χ0n) is 9.32. The van der Waals surface area contributed by atoms with Crippen LogP contribution in [-0.4, -0.2) is 17.4 Å². The Morgan fingerprint density at radius 1 is 1.62 bits per heavy atom. The fourth-order valence-electron chi connectivity index (χ4n) is 0.975. The second-order valence-corrected chi connectivity index (χ2v) is 4.15. The van der Waals surface area contributed by atoms with Gasteiger partial charge in [0.25, 0.3) is 0 Å². The second-order valence-electron chi connectivity index (χ2n) is 4.15. The summed E-state index contributed by atoms with van der Waals surface area (Å²) in [5.41, 5.74) is 5.74. The predicted octanol–water partition coefficient (Wildman–Crippen LogP) is 0.877. The predicted molar refractivity (Wildman–Crippen MR) is 60.4 cm³/mol. The molecule has 0 spiro atoms. The van der Waals surface area contributed by atoms with Gasteiger partial charge in [-0.25, -0.2) is 4.98 Å². The molecule has 1 amide bonds. The molecule has 0 fully saturated rings. The summed E-state index contributed by atoms with van der Waals surface area (Å²) in [6.07, 6.45) is 1.55. The van der Waals surface area contributed by atoms with E-state index in [1.54, 1.807) is 32.2 Å². The van der Waals surface area contributed by atoms with Crippen molar-refractivity contribution in [2.75, 3.05) is 11.9 Å². The molecular weight excluding hydrogens is 204 g/mol. The molecule has 1 heterocycles. The number of amides is 1. The van der Waals surface area contributed by atoms with Gasteiger partial charge in [0.2, 0.25) is 5.91 Å². The normalized spacial score (nSPS) is 10.6. The maximum Gasteiger partial charge on any atom is 0.224 e. The van der Waals surface area contributed by atoms with Gasteiger partial charge in [0.05, 0.1) is 17.3 Å². The summed E-state index contributed by atoms with van der Waals surface area (Å²) in [5, 5.41) is 11.6. The van der Waals surface area contributed by atoms with Gasteiger partial charge < -0.3 is 11.1 Å². The van der Waals surface area contributed by atoms with Crippen molar-refractivity contribution in [1.82, 2.24) is 4.98 Å². The Bertz CT molecular complexity index is 417. The Balaban J connectivity index is 2.62. The molecule has 0 radical (unpaired) electrons. The Morgan fingerprint density at radius 2 is 2.31 bits per heavy atom. The van der Waals surface area contributed by atoms with E-state index in [1.807, 2.05) is 6.07 Å². The minimum Gasteiger partial charge on any atom is -0.383 e. The molecule has 0 saturated heterocycles. The van der Waals surface area contributed by atoms with Crippen LogP contribution in [0.3, 0.4) is 0 Å². The molecule has 84 valence electrons. The summed E-state index contributed by atoms with van der Waals surface area (Å²) in [6.45, 7) is 3.95. The third-order valence-electron chi connectivity index (χ3n) is 2.28. The number of carbonyl (C=O) groups is 1. The molecule has 1 aromatic rings. The smallest absolute Gasteiger partial charge is 0.224 e. The first kappa shape index (κ1) is 12.0. The molecule has 0 aliphatic carbocycles. The van der Waals surface area contributed by atoms with E-state index in [9.17, 15) is 4.79 Å². The Kier molecular flexibility index (Phi) is 3.46. The number of nitrogens with zero attached hydrogens (tertiary/aromatic N) is 2. The van der Waals surface area contributed by atoms with Crippen LogP contribution in [-0.2, 0) is 4.79 Å². The molecule has 0 aliphatic rings. The van der Waals surface area contributed by atoms with Gasteiger partial charge in [-0.05, 0) is 26.0 Å². The molecule has 5 heteroatoms. The molecule has 16 heavy (non-hydrogen) atoms. The van der Waals surface area contributed by atoms with Crippen molar-refractivity contribution >= 4 is 11.6 Å². The van der Waals surface area contributed by atoms with Crippen molar-refractivity contribution in [2.45, 2.75) is 13.8 Å². The maximum atomic E-state index is 11.1. The molecule has 5 nitrogen and oxygen atoms in total. The fraction of sp³-hybridized carbons (Fsp3) is 0.364. The molecule has 1 aromatic heterocycles. The first-order valence-electron chi connectivity index (χ1n) is 4.85. The summed E-state index contributed by atoms with van der Waals surface area (Å²) < 4.78 is 0. The molecule has 0 unspecified atom stereocenters. The summed E-state index contributed by atoms with van der Waals surface area (Å²) in [5.74, 6) is -0.360. The zero-order chi connectivity index (χ0) is 12.2. The quantitative estimate of drug-likeness (QED) is 0.784. The molecule has 0 atom stereocenters. The lowest BCUT2D eigenvalue weighted by molar-refractivity contribution is -0.125. The Labute approximate surface area is 94.3 Å². The van der Waals surface area contributed by atoms with Crippen molar-refractivity contribution in [1.29, 1.82) is 5.26 Å². The number of hydrogen-bond donors (Lipinski definition) is 2. The minimum absolute atomic E-state index is 0.360. The van der Waals surface area contributed by atoms with Crippen molar-refractivity contribution in [3.8, 4) is 6.07 Å². The highest BCUT2D eigenvalue weighted by Crippen LogP contribution is 2.15. The Morgan fingerprint density at radius 3 is 2.75 bits per heavy atom. The molecule has 1 rings (SSSR count). The highest BCUT2D eigenvalue weighted by molar-refractivity contribution is 5.80. The third-order valence-corrected chi connectivity index (χ3v) is 2.28. The molecule has 0 aromatic carbocycles. The average Bonchev–Trinajstić information content (AvgIpc) is 2.27. The lowest BCUT2D eigenvalue weighted by atomic mass is 9.93. The van der Waals surface area contributed by atoms with Gasteiger partial charge in [-0.1, -0.05) is 0 Å². The average molecular weight is 218 g/mol. The number of carbonyl (C=O) groups excluding carboxylic acids is 1. The lowest BCUT2D eigenvalue weighted by Crippen LogP contribution is -2.37. The van der Waals surface area contributed by atoms with E-state index < -0.39 is 5.41 Å². The fourth-order valence-corrected chi connectivity index (χ4v) is 0.975. The number of pyridine rings is 1. The molecular formula is C11H14N4O. The van der Waals surface area contributed by atoms with E-state index in [4.69, 9.17) is 11.0 Å². The van der Waals surface area contributed by atoms with Gasteiger partial charge in [-0.3, -0.25) is 4.79 Å². The van der Waals surface area contributed by atoms with Crippen LogP contribution in [0.5, 0.6) is 0 Å². The molecule has 0 saturated carbocycles. The first-order valence-corrected chi connectivity index (χ1v) is 4.85. The van der Waals surface area contributed by atoms with Gasteiger partial charge in [-0.15, -0.1) is 0 Å². The number of anilines is 1. The highest BCUT2D eigenvalue weighted by atomic mass is 16.1. The van der Waals surface area contributed by atoms with E-state index in [0.29, 0.717) is 12.2 Å². The summed E-state index contributed by atoms with van der Waals surface area (Å²) in [4.78, 5) is 15.0. The number of primary amides is 1. The standard InChI is InChI=1S/C11H14N4O/c1-11(2,10(13)16)7-15-9-4-3-8(5-12)14-6-9/h3-4,6,15H,7H2,1-2H3,(H2,13,16). The highest BCUT2D eigenvalue weighted by Gasteiger charge is 2.24. The van der Waals surface area contributed by atoms with E-state index in [1.165, 1.54) is 0 Å². The van der Waals surface area contributed by atoms with E-state index in [2.05, 4.69) is 10.3 Å². The van der Waals surface area contributed by atoms with Crippen LogP contribution in [0.25, 0.3) is 0 Å². The number of rotatable bonds is 4. The number of hydrogen-bond acceptors (Lipinski definition) is 4. The van der Waals surface area contributed by atoms with Gasteiger partial charge in [0.1, 0.15) is 11.8 Å². The minimum atomic E-state index is -0.617. The SMILES string of the molecule is CC(C)(CNc1ccc(C#N)nc1)C(N)=O. The van der Waals surface area contributed by atoms with Crippen molar-refractivity contribution in [2.24, 2.45) is 11.1 Å². The van der Waals surface area contributed by atoms with Gasteiger partial charge in [0.15, 0.2) is 0 Å². The van der Waals surface area contributed by atoms with Crippen molar-refractivity contribution in [3.05, 3.63) is 24.0 Å². The van der Waals surface area contributed by atoms with Gasteiger partial charge in [-0.2, -0.15) is 5.26 Å². The number of aromatic nitrogens is 1. The third kappa shape index (κ3) is 2.95. The number of nitriles is 1. The summed E-state index contributed by atoms with van der Waals surface area (Å²) in [6, 6.07) is 5.28. The Hall–Kier alpha value is -2.09. The van der Waals surface area contributed by atoms with Gasteiger partial charge >= 0.3 is 0 Å². The van der Waals surface area contributed by atoms with Crippen LogP contribution < -0.4 is 11.1 Å². The van der Waals surface area contributed by atoms with Crippen LogP contribution >= 0.6 is 0 Å². The summed E-state index contributed by atoms with van der Waals surface area (Å²) >= 11 is 0. The molecule has 0 bridgehead atoms. The zero-order valence-corrected chi connectivity index (χ0v) is 9.32. The topological polar surface area (TPSA) is 91.8 Å². The van der Waals surface area contributed by atoms with Crippen LogP contribution in [0.15, 0.2) is 18.3 Å². The maximum absolute atomic E-state index is 11.1. The first-order chi connectivity index (χ1) is 7.45.